The minimum Gasteiger partial charge on any atom is -0.466 e. The van der Waals surface area contributed by atoms with E-state index in [1.807, 2.05) is 32.0 Å². The van der Waals surface area contributed by atoms with Crippen molar-refractivity contribution < 1.29 is 29.0 Å². The summed E-state index contributed by atoms with van der Waals surface area (Å²) in [5.74, 6) is -2.35. The van der Waals surface area contributed by atoms with Gasteiger partial charge >= 0.3 is 5.97 Å². The average Bonchev–Trinajstić information content (AvgIpc) is 3.46. The van der Waals surface area contributed by atoms with Crippen molar-refractivity contribution in [2.75, 3.05) is 31.2 Å². The van der Waals surface area contributed by atoms with Gasteiger partial charge in [0.1, 0.15) is 11.6 Å². The van der Waals surface area contributed by atoms with Gasteiger partial charge in [-0.05, 0) is 57.6 Å². The Bertz CT molecular complexity index is 989. The molecule has 2 amide bonds. The summed E-state index contributed by atoms with van der Waals surface area (Å²) in [4.78, 5) is 44.4. The molecule has 0 aromatic heterocycles. The Balaban J connectivity index is 1.78. The summed E-state index contributed by atoms with van der Waals surface area (Å²) in [5.41, 5.74) is 1.64. The fourth-order valence-corrected chi connectivity index (χ4v) is 6.37. The zero-order valence-electron chi connectivity index (χ0n) is 20.9. The van der Waals surface area contributed by atoms with E-state index in [0.29, 0.717) is 32.2 Å². The number of nitrogens with zero attached hydrogens (tertiary/aromatic N) is 2. The van der Waals surface area contributed by atoms with Gasteiger partial charge in [-0.25, -0.2) is 0 Å². The summed E-state index contributed by atoms with van der Waals surface area (Å²) >= 11 is 0. The Morgan fingerprint density at radius 2 is 2.03 bits per heavy atom. The lowest BCUT2D eigenvalue weighted by atomic mass is 9.70. The third kappa shape index (κ3) is 4.06. The lowest BCUT2D eigenvalue weighted by molar-refractivity contribution is -0.154. The van der Waals surface area contributed by atoms with Gasteiger partial charge in [0.15, 0.2) is 0 Å². The summed E-state index contributed by atoms with van der Waals surface area (Å²) in [6, 6.07) is 5.01. The molecular formula is C27H36N2O6. The van der Waals surface area contributed by atoms with Gasteiger partial charge in [0.25, 0.3) is 5.91 Å². The van der Waals surface area contributed by atoms with E-state index in [0.717, 1.165) is 16.8 Å². The highest BCUT2D eigenvalue weighted by molar-refractivity contribution is 6.05. The van der Waals surface area contributed by atoms with Crippen LogP contribution in [0.15, 0.2) is 30.9 Å². The van der Waals surface area contributed by atoms with Crippen LogP contribution < -0.4 is 4.90 Å². The van der Waals surface area contributed by atoms with E-state index in [2.05, 4.69) is 6.58 Å². The van der Waals surface area contributed by atoms with E-state index >= 15 is 0 Å². The molecule has 0 unspecified atom stereocenters. The first-order chi connectivity index (χ1) is 16.8. The number of fused-ring (bicyclic) bond motifs is 1. The zero-order valence-corrected chi connectivity index (χ0v) is 20.9. The zero-order chi connectivity index (χ0) is 25.3. The molecule has 8 heteroatoms. The van der Waals surface area contributed by atoms with Crippen LogP contribution in [-0.4, -0.2) is 71.8 Å². The molecule has 0 radical (unpaired) electrons. The minimum absolute atomic E-state index is 0.00420. The monoisotopic (exact) mass is 484 g/mol. The van der Waals surface area contributed by atoms with Gasteiger partial charge in [-0.1, -0.05) is 24.3 Å². The molecule has 4 rings (SSSR count). The highest BCUT2D eigenvalue weighted by atomic mass is 16.6. The highest BCUT2D eigenvalue weighted by Gasteiger charge is 2.75. The topological polar surface area (TPSA) is 96.4 Å². The number of aryl methyl sites for hydroxylation is 2. The molecule has 3 saturated heterocycles. The van der Waals surface area contributed by atoms with Crippen molar-refractivity contribution >= 4 is 23.5 Å². The lowest BCUT2D eigenvalue weighted by Gasteiger charge is -2.37. The maximum absolute atomic E-state index is 14.4. The van der Waals surface area contributed by atoms with Crippen molar-refractivity contribution in [1.82, 2.24) is 4.90 Å². The Kier molecular flexibility index (Phi) is 7.33. The number of carbonyl (C=O) groups is 3. The standard InChI is InChI=1S/C27H36N2O6/c1-5-14-28(22-17(3)10-9-11-18(22)4)25(32)23-27-13-12-19(35-27)20(26(33)34-6-2)21(27)24(31)29(23)15-7-8-16-30/h5,9-11,19-21,23,30H,1,6-8,12-16H2,2-4H3/t19-,20+,21+,23-,27+/m1/s1. The molecule has 1 spiro atoms. The van der Waals surface area contributed by atoms with Gasteiger partial charge in [-0.3, -0.25) is 14.4 Å². The van der Waals surface area contributed by atoms with Crippen molar-refractivity contribution in [3.05, 3.63) is 42.0 Å². The van der Waals surface area contributed by atoms with Crippen LogP contribution in [0.3, 0.4) is 0 Å². The number of aliphatic hydroxyl groups is 1. The van der Waals surface area contributed by atoms with E-state index in [1.165, 1.54) is 0 Å². The fourth-order valence-electron chi connectivity index (χ4n) is 6.37. The summed E-state index contributed by atoms with van der Waals surface area (Å²) < 4.78 is 11.8. The van der Waals surface area contributed by atoms with Crippen LogP contribution in [0.1, 0.15) is 43.7 Å². The molecular weight excluding hydrogens is 448 g/mol. The van der Waals surface area contributed by atoms with Crippen molar-refractivity contribution in [3.63, 3.8) is 0 Å². The van der Waals surface area contributed by atoms with E-state index in [4.69, 9.17) is 9.47 Å². The van der Waals surface area contributed by atoms with Gasteiger partial charge in [0.2, 0.25) is 5.91 Å². The Labute approximate surface area is 206 Å². The molecule has 1 aromatic carbocycles. The number of esters is 1. The first kappa shape index (κ1) is 25.4. The number of para-hydroxylation sites is 1. The van der Waals surface area contributed by atoms with Crippen LogP contribution in [0.25, 0.3) is 0 Å². The summed E-state index contributed by atoms with van der Waals surface area (Å²) in [6.07, 6.45) is 3.46. The second-order valence-electron chi connectivity index (χ2n) is 9.75. The normalized spacial score (nSPS) is 28.8. The first-order valence-corrected chi connectivity index (χ1v) is 12.6. The lowest BCUT2D eigenvalue weighted by Crippen LogP contribution is -2.56. The van der Waals surface area contributed by atoms with Gasteiger partial charge in [0.05, 0.1) is 24.5 Å². The number of anilines is 1. The number of amides is 2. The third-order valence-electron chi connectivity index (χ3n) is 7.69. The van der Waals surface area contributed by atoms with Gasteiger partial charge < -0.3 is 24.4 Å². The number of aliphatic hydroxyl groups excluding tert-OH is 1. The fraction of sp³-hybridized carbons (Fsp3) is 0.593. The second kappa shape index (κ2) is 10.1. The molecule has 3 heterocycles. The van der Waals surface area contributed by atoms with E-state index in [9.17, 15) is 19.5 Å². The predicted octanol–water partition coefficient (Wildman–Crippen LogP) is 2.53. The third-order valence-corrected chi connectivity index (χ3v) is 7.69. The van der Waals surface area contributed by atoms with Crippen LogP contribution in [0, 0.1) is 25.7 Å². The van der Waals surface area contributed by atoms with Crippen LogP contribution in [0.5, 0.6) is 0 Å². The quantitative estimate of drug-likeness (QED) is 0.312. The number of unbranched alkanes of at least 4 members (excludes halogenated alkanes) is 1. The number of benzene rings is 1. The molecule has 35 heavy (non-hydrogen) atoms. The molecule has 1 N–H and O–H groups in total. The molecule has 0 aliphatic carbocycles. The molecule has 3 aliphatic rings. The number of hydrogen-bond donors (Lipinski definition) is 1. The SMILES string of the molecule is C=CCN(C(=O)[C@H]1N(CCCCO)C(=O)[C@@H]2[C@@H](C(=O)OCC)[C@H]3CC[C@]21O3)c1c(C)cccc1C. The molecule has 8 nitrogen and oxygen atoms in total. The number of ether oxygens (including phenoxy) is 2. The van der Waals surface area contributed by atoms with E-state index < -0.39 is 35.6 Å². The van der Waals surface area contributed by atoms with Crippen LogP contribution in [-0.2, 0) is 23.9 Å². The molecule has 190 valence electrons. The second-order valence-corrected chi connectivity index (χ2v) is 9.75. The minimum atomic E-state index is -1.06. The molecule has 3 aliphatic heterocycles. The molecule has 2 bridgehead atoms. The predicted molar refractivity (Wildman–Crippen MR) is 131 cm³/mol. The van der Waals surface area contributed by atoms with Crippen LogP contribution in [0.4, 0.5) is 5.69 Å². The summed E-state index contributed by atoms with van der Waals surface area (Å²) in [6.45, 7) is 10.3. The Morgan fingerprint density at radius 3 is 2.66 bits per heavy atom. The van der Waals surface area contributed by atoms with Crippen LogP contribution in [0.2, 0.25) is 0 Å². The average molecular weight is 485 g/mol. The van der Waals surface area contributed by atoms with Gasteiger partial charge in [-0.15, -0.1) is 6.58 Å². The van der Waals surface area contributed by atoms with Crippen molar-refractivity contribution in [2.45, 2.75) is 64.2 Å². The molecule has 3 fully saturated rings. The number of carbonyl (C=O) groups excluding carboxylic acids is 3. The van der Waals surface area contributed by atoms with Gasteiger partial charge in [-0.2, -0.15) is 0 Å². The van der Waals surface area contributed by atoms with Crippen molar-refractivity contribution in [2.24, 2.45) is 11.8 Å². The first-order valence-electron chi connectivity index (χ1n) is 12.6. The highest BCUT2D eigenvalue weighted by Crippen LogP contribution is 2.59. The Hall–Kier alpha value is -2.71. The summed E-state index contributed by atoms with van der Waals surface area (Å²) in [7, 11) is 0. The molecule has 5 atom stereocenters. The van der Waals surface area contributed by atoms with Crippen LogP contribution >= 0.6 is 0 Å². The Morgan fingerprint density at radius 1 is 1.31 bits per heavy atom. The van der Waals surface area contributed by atoms with Crippen molar-refractivity contribution in [1.29, 1.82) is 0 Å². The summed E-state index contributed by atoms with van der Waals surface area (Å²) in [5, 5.41) is 9.31. The molecule has 0 saturated carbocycles. The molecule has 1 aromatic rings. The van der Waals surface area contributed by atoms with E-state index in [1.54, 1.807) is 22.8 Å². The maximum atomic E-state index is 14.4. The maximum Gasteiger partial charge on any atom is 0.312 e. The van der Waals surface area contributed by atoms with E-state index in [-0.39, 0.29) is 31.6 Å². The largest absolute Gasteiger partial charge is 0.466 e. The van der Waals surface area contributed by atoms with Gasteiger partial charge in [0, 0.05) is 25.4 Å². The smallest absolute Gasteiger partial charge is 0.312 e. The number of rotatable bonds is 10. The number of likely N-dealkylation sites (tertiary alicyclic amines) is 1. The number of hydrogen-bond acceptors (Lipinski definition) is 6. The van der Waals surface area contributed by atoms with Crippen molar-refractivity contribution in [3.8, 4) is 0 Å².